The number of hydrogen-bond acceptors (Lipinski definition) is 10. The zero-order valence-corrected chi connectivity index (χ0v) is 28.0. The molecule has 0 bridgehead atoms. The summed E-state index contributed by atoms with van der Waals surface area (Å²) in [5.74, 6) is 0.830. The molecule has 10 nitrogen and oxygen atoms in total. The molecule has 2 heterocycles. The van der Waals surface area contributed by atoms with Gasteiger partial charge in [-0.25, -0.2) is 14.6 Å². The van der Waals surface area contributed by atoms with Crippen LogP contribution in [0.25, 0.3) is 11.8 Å². The van der Waals surface area contributed by atoms with Gasteiger partial charge in [0.05, 0.1) is 55.3 Å². The molecule has 0 aliphatic carbocycles. The van der Waals surface area contributed by atoms with E-state index in [4.69, 9.17) is 28.7 Å². The minimum Gasteiger partial charge on any atom is -0.497 e. The fraction of sp³-hybridized carbons (Fsp3) is 0.158. The number of hydrogen-bond donors (Lipinski definition) is 0. The van der Waals surface area contributed by atoms with Crippen molar-refractivity contribution < 1.29 is 33.3 Å². The predicted molar refractivity (Wildman–Crippen MR) is 185 cm³/mol. The Kier molecular flexibility index (Phi) is 9.72. The number of carbonyl (C=O) groups excluding carboxylic acids is 2. The third kappa shape index (κ3) is 6.74. The van der Waals surface area contributed by atoms with Crippen LogP contribution in [-0.2, 0) is 9.53 Å². The van der Waals surface area contributed by atoms with Crippen LogP contribution in [0.15, 0.2) is 112 Å². The van der Waals surface area contributed by atoms with Gasteiger partial charge in [0.25, 0.3) is 5.56 Å². The molecule has 0 amide bonds. The molecular weight excluding hydrogens is 644 g/mol. The van der Waals surface area contributed by atoms with Gasteiger partial charge in [-0.15, -0.1) is 0 Å². The molecule has 11 heteroatoms. The lowest BCUT2D eigenvalue weighted by Gasteiger charge is -2.26. The average Bonchev–Trinajstić information content (AvgIpc) is 3.45. The number of methoxy groups -OCH3 is 3. The maximum atomic E-state index is 14.2. The van der Waals surface area contributed by atoms with Gasteiger partial charge in [0.1, 0.15) is 11.5 Å². The van der Waals surface area contributed by atoms with E-state index in [9.17, 15) is 14.4 Å². The maximum Gasteiger partial charge on any atom is 0.343 e. The van der Waals surface area contributed by atoms with Gasteiger partial charge < -0.3 is 23.7 Å². The normalized spacial score (nSPS) is 14.0. The lowest BCUT2D eigenvalue weighted by molar-refractivity contribution is -0.138. The second kappa shape index (κ2) is 14.4. The topological polar surface area (TPSA) is 115 Å². The Hall–Kier alpha value is -5.94. The lowest BCUT2D eigenvalue weighted by atomic mass is 9.93. The van der Waals surface area contributed by atoms with Crippen LogP contribution in [0.4, 0.5) is 0 Å². The van der Waals surface area contributed by atoms with Crippen molar-refractivity contribution in [3.8, 4) is 23.0 Å². The van der Waals surface area contributed by atoms with E-state index < -0.39 is 18.0 Å². The summed E-state index contributed by atoms with van der Waals surface area (Å²) in [5.41, 5.74) is 2.69. The summed E-state index contributed by atoms with van der Waals surface area (Å²) in [4.78, 5) is 45.9. The van der Waals surface area contributed by atoms with Crippen molar-refractivity contribution in [2.45, 2.75) is 13.0 Å². The number of rotatable bonds is 10. The summed E-state index contributed by atoms with van der Waals surface area (Å²) in [6.45, 7) is 1.87. The Morgan fingerprint density at radius 1 is 0.816 bits per heavy atom. The van der Waals surface area contributed by atoms with E-state index in [-0.39, 0.29) is 17.7 Å². The molecule has 49 heavy (non-hydrogen) atoms. The number of nitrogens with zero attached hydrogens (tertiary/aromatic N) is 2. The number of carbonyl (C=O) groups is 2. The van der Waals surface area contributed by atoms with E-state index in [0.29, 0.717) is 60.3 Å². The standard InChI is InChI=1S/C38H32N2O8S/c1-5-47-37(43)32-33(24-9-7-6-8-10-24)39-38-40(34(32)26-15-20-29(45-3)30(22-26)46-4)35(41)31(49-38)21-23-11-16-28(17-12-23)48-36(42)25-13-18-27(44-2)19-14-25/h6-22,34H,5H2,1-4H3/b31-21-/t34-/m0/s1. The van der Waals surface area contributed by atoms with Crippen LogP contribution in [0.2, 0.25) is 0 Å². The summed E-state index contributed by atoms with van der Waals surface area (Å²) >= 11 is 1.20. The molecular formula is C38H32N2O8S. The molecule has 0 radical (unpaired) electrons. The smallest absolute Gasteiger partial charge is 0.343 e. The Labute approximate surface area is 285 Å². The molecule has 1 aliphatic rings. The molecule has 1 atom stereocenters. The van der Waals surface area contributed by atoms with Crippen LogP contribution in [0.5, 0.6) is 23.0 Å². The molecule has 0 saturated carbocycles. The number of fused-ring (bicyclic) bond motifs is 1. The van der Waals surface area contributed by atoms with Crippen molar-refractivity contribution in [3.05, 3.63) is 145 Å². The van der Waals surface area contributed by atoms with E-state index in [1.165, 1.54) is 30.1 Å². The molecule has 0 N–H and O–H groups in total. The molecule has 1 aromatic heterocycles. The molecule has 1 aliphatic heterocycles. The van der Waals surface area contributed by atoms with E-state index >= 15 is 0 Å². The summed E-state index contributed by atoms with van der Waals surface area (Å²) in [5, 5.41) is 0. The number of thiazole rings is 1. The maximum absolute atomic E-state index is 14.2. The van der Waals surface area contributed by atoms with Crippen LogP contribution in [0.3, 0.4) is 0 Å². The van der Waals surface area contributed by atoms with Crippen molar-refractivity contribution >= 4 is 35.0 Å². The first-order valence-corrected chi connectivity index (χ1v) is 16.1. The monoisotopic (exact) mass is 676 g/mol. The van der Waals surface area contributed by atoms with Crippen molar-refractivity contribution in [3.63, 3.8) is 0 Å². The lowest BCUT2D eigenvalue weighted by Crippen LogP contribution is -2.40. The highest BCUT2D eigenvalue weighted by Crippen LogP contribution is 2.38. The minimum atomic E-state index is -0.882. The first-order valence-electron chi connectivity index (χ1n) is 15.3. The SMILES string of the molecule is CCOC(=O)C1=C(c2ccccc2)N=c2s/c(=C\c3ccc(OC(=O)c4ccc(OC)cc4)cc3)c(=O)n2[C@H]1c1ccc(OC)c(OC)c1. The number of benzene rings is 4. The fourth-order valence-electron chi connectivity index (χ4n) is 5.46. The molecule has 0 unspecified atom stereocenters. The molecule has 5 aromatic rings. The van der Waals surface area contributed by atoms with Gasteiger partial charge in [0, 0.05) is 5.56 Å². The quantitative estimate of drug-likeness (QED) is 0.147. The van der Waals surface area contributed by atoms with Gasteiger partial charge in [-0.1, -0.05) is 59.9 Å². The first-order chi connectivity index (χ1) is 23.8. The van der Waals surface area contributed by atoms with Crippen LogP contribution < -0.4 is 33.8 Å². The van der Waals surface area contributed by atoms with Gasteiger partial charge in [0.2, 0.25) is 0 Å². The van der Waals surface area contributed by atoms with Gasteiger partial charge >= 0.3 is 11.9 Å². The van der Waals surface area contributed by atoms with E-state index in [0.717, 1.165) is 0 Å². The van der Waals surface area contributed by atoms with Crippen LogP contribution in [0.1, 0.15) is 40.0 Å². The molecule has 0 spiro atoms. The summed E-state index contributed by atoms with van der Waals surface area (Å²) in [6, 6.07) is 27.2. The summed E-state index contributed by atoms with van der Waals surface area (Å²) in [6.07, 6.45) is 1.74. The third-order valence-electron chi connectivity index (χ3n) is 7.81. The van der Waals surface area contributed by atoms with E-state index in [1.807, 2.05) is 30.3 Å². The fourth-order valence-corrected chi connectivity index (χ4v) is 6.46. The van der Waals surface area contributed by atoms with Gasteiger partial charge in [0.15, 0.2) is 16.3 Å². The largest absolute Gasteiger partial charge is 0.497 e. The molecule has 0 fully saturated rings. The molecule has 6 rings (SSSR count). The van der Waals surface area contributed by atoms with Crippen LogP contribution in [0, 0.1) is 0 Å². The average molecular weight is 677 g/mol. The number of ether oxygens (including phenoxy) is 5. The summed E-state index contributed by atoms with van der Waals surface area (Å²) < 4.78 is 29.2. The molecule has 4 aromatic carbocycles. The van der Waals surface area contributed by atoms with Gasteiger partial charge in [-0.3, -0.25) is 9.36 Å². The van der Waals surface area contributed by atoms with Crippen molar-refractivity contribution in [2.24, 2.45) is 4.99 Å². The first kappa shape index (κ1) is 33.0. The number of esters is 2. The van der Waals surface area contributed by atoms with Crippen molar-refractivity contribution in [2.75, 3.05) is 27.9 Å². The van der Waals surface area contributed by atoms with E-state index in [2.05, 4.69) is 0 Å². The Morgan fingerprint density at radius 2 is 1.51 bits per heavy atom. The van der Waals surface area contributed by atoms with E-state index in [1.54, 1.807) is 86.8 Å². The molecule has 248 valence electrons. The van der Waals surface area contributed by atoms with Gasteiger partial charge in [-0.05, 0) is 72.7 Å². The Morgan fingerprint density at radius 3 is 2.16 bits per heavy atom. The van der Waals surface area contributed by atoms with Gasteiger partial charge in [-0.2, -0.15) is 0 Å². The number of aromatic nitrogens is 1. The summed E-state index contributed by atoms with van der Waals surface area (Å²) in [7, 11) is 4.61. The third-order valence-corrected chi connectivity index (χ3v) is 8.79. The Bertz CT molecular complexity index is 2220. The Balaban J connectivity index is 1.44. The second-order valence-electron chi connectivity index (χ2n) is 10.7. The zero-order valence-electron chi connectivity index (χ0n) is 27.2. The van der Waals surface area contributed by atoms with Crippen molar-refractivity contribution in [1.29, 1.82) is 0 Å². The molecule has 0 saturated heterocycles. The highest BCUT2D eigenvalue weighted by atomic mass is 32.1. The van der Waals surface area contributed by atoms with Crippen LogP contribution >= 0.6 is 11.3 Å². The van der Waals surface area contributed by atoms with Crippen molar-refractivity contribution in [1.82, 2.24) is 4.57 Å². The second-order valence-corrected chi connectivity index (χ2v) is 11.7. The highest BCUT2D eigenvalue weighted by molar-refractivity contribution is 7.07. The predicted octanol–water partition coefficient (Wildman–Crippen LogP) is 5.18. The minimum absolute atomic E-state index is 0.138. The highest BCUT2D eigenvalue weighted by Gasteiger charge is 2.35. The van der Waals surface area contributed by atoms with Crippen LogP contribution in [-0.4, -0.2) is 44.4 Å². The zero-order chi connectivity index (χ0) is 34.5.